The van der Waals surface area contributed by atoms with Gasteiger partial charge in [-0.1, -0.05) is 42.5 Å². The highest BCUT2D eigenvalue weighted by atomic mass is 16.1. The molecule has 2 aromatic carbocycles. The Hall–Kier alpha value is -3.15. The molecule has 0 spiro atoms. The first-order valence-electron chi connectivity index (χ1n) is 11.1. The zero-order valence-electron chi connectivity index (χ0n) is 18.3. The second-order valence-corrected chi connectivity index (χ2v) is 8.53. The first-order valence-corrected chi connectivity index (χ1v) is 11.1. The van der Waals surface area contributed by atoms with Gasteiger partial charge in [0.15, 0.2) is 0 Å². The first-order chi connectivity index (χ1) is 15.1. The van der Waals surface area contributed by atoms with Crippen LogP contribution in [0, 0.1) is 0 Å². The molecule has 0 radical (unpaired) electrons. The molecule has 4 rings (SSSR count). The van der Waals surface area contributed by atoms with E-state index < -0.39 is 0 Å². The normalized spacial score (nSPS) is 18.5. The quantitative estimate of drug-likeness (QED) is 0.604. The van der Waals surface area contributed by atoms with Crippen molar-refractivity contribution in [2.24, 2.45) is 0 Å². The number of aryl methyl sites for hydroxylation is 1. The molecule has 1 heterocycles. The van der Waals surface area contributed by atoms with Gasteiger partial charge in [0, 0.05) is 38.0 Å². The number of hydrogen-bond donors (Lipinski definition) is 2. The lowest BCUT2D eigenvalue weighted by Gasteiger charge is -2.30. The minimum absolute atomic E-state index is 0.147. The summed E-state index contributed by atoms with van der Waals surface area (Å²) in [6, 6.07) is 18.9. The summed E-state index contributed by atoms with van der Waals surface area (Å²) < 4.78 is 0. The van der Waals surface area contributed by atoms with Crippen LogP contribution in [-0.2, 0) is 11.2 Å². The molecule has 0 atom stereocenters. The van der Waals surface area contributed by atoms with Crippen molar-refractivity contribution in [1.82, 2.24) is 15.3 Å². The fourth-order valence-electron chi connectivity index (χ4n) is 4.23. The third kappa shape index (κ3) is 5.51. The minimum atomic E-state index is 0.147. The molecule has 6 heteroatoms. The van der Waals surface area contributed by atoms with Crippen LogP contribution in [-0.4, -0.2) is 42.1 Å². The maximum Gasteiger partial charge on any atom is 0.225 e. The van der Waals surface area contributed by atoms with Gasteiger partial charge in [0.25, 0.3) is 0 Å². The second-order valence-electron chi connectivity index (χ2n) is 8.53. The predicted octanol–water partition coefficient (Wildman–Crippen LogP) is 4.17. The van der Waals surface area contributed by atoms with Crippen molar-refractivity contribution in [1.29, 1.82) is 0 Å². The Labute approximate surface area is 184 Å². The second kappa shape index (κ2) is 9.77. The summed E-state index contributed by atoms with van der Waals surface area (Å²) in [5.41, 5.74) is 2.15. The van der Waals surface area contributed by atoms with Crippen molar-refractivity contribution in [2.45, 2.75) is 50.6 Å². The molecule has 0 aliphatic heterocycles. The fraction of sp³-hybridized carbons (Fsp3) is 0.400. The van der Waals surface area contributed by atoms with Crippen molar-refractivity contribution in [2.75, 3.05) is 24.3 Å². The smallest absolute Gasteiger partial charge is 0.225 e. The van der Waals surface area contributed by atoms with Gasteiger partial charge in [0.05, 0.1) is 5.52 Å². The number of anilines is 2. The Morgan fingerprint density at radius 3 is 2.35 bits per heavy atom. The van der Waals surface area contributed by atoms with E-state index in [0.29, 0.717) is 18.4 Å². The highest BCUT2D eigenvalue weighted by Crippen LogP contribution is 2.26. The van der Waals surface area contributed by atoms with Gasteiger partial charge in [-0.05, 0) is 49.8 Å². The topological polar surface area (TPSA) is 70.2 Å². The van der Waals surface area contributed by atoms with Crippen LogP contribution in [0.5, 0.6) is 0 Å². The summed E-state index contributed by atoms with van der Waals surface area (Å²) in [4.78, 5) is 23.8. The molecule has 31 heavy (non-hydrogen) atoms. The number of fused-ring (bicyclic) bond motifs is 1. The lowest BCUT2D eigenvalue weighted by Crippen LogP contribution is -2.40. The van der Waals surface area contributed by atoms with Gasteiger partial charge < -0.3 is 15.5 Å². The maximum absolute atomic E-state index is 12.3. The van der Waals surface area contributed by atoms with E-state index in [4.69, 9.17) is 9.97 Å². The number of para-hydroxylation sites is 1. The van der Waals surface area contributed by atoms with Crippen LogP contribution < -0.4 is 15.5 Å². The van der Waals surface area contributed by atoms with Crippen molar-refractivity contribution in [3.63, 3.8) is 0 Å². The van der Waals surface area contributed by atoms with Crippen LogP contribution in [0.3, 0.4) is 0 Å². The molecule has 1 saturated carbocycles. The van der Waals surface area contributed by atoms with E-state index in [1.54, 1.807) is 0 Å². The highest BCUT2D eigenvalue weighted by molar-refractivity contribution is 5.90. The Morgan fingerprint density at radius 1 is 0.935 bits per heavy atom. The number of amides is 1. The summed E-state index contributed by atoms with van der Waals surface area (Å²) in [6.07, 6.45) is 5.28. The minimum Gasteiger partial charge on any atom is -0.362 e. The molecular formula is C25H31N5O. The molecule has 162 valence electrons. The molecule has 1 aliphatic rings. The Morgan fingerprint density at radius 2 is 1.61 bits per heavy atom. The summed E-state index contributed by atoms with van der Waals surface area (Å²) in [5.74, 6) is 1.75. The monoisotopic (exact) mass is 417 g/mol. The third-order valence-corrected chi connectivity index (χ3v) is 5.92. The summed E-state index contributed by atoms with van der Waals surface area (Å²) >= 11 is 0. The van der Waals surface area contributed by atoms with E-state index in [1.807, 2.05) is 55.4 Å². The average molecular weight is 418 g/mol. The van der Waals surface area contributed by atoms with E-state index in [2.05, 4.69) is 28.8 Å². The van der Waals surface area contributed by atoms with Crippen molar-refractivity contribution in [3.8, 4) is 0 Å². The first kappa shape index (κ1) is 21.1. The standard InChI is InChI=1S/C25H31N5O/c1-30(2)24-21-10-6-7-11-22(21)28-25(29-24)27-20-15-13-19(14-16-20)26-23(31)17-12-18-8-4-3-5-9-18/h3-11,19-20H,12-17H2,1-2H3,(H,26,31)(H,27,28,29). The summed E-state index contributed by atoms with van der Waals surface area (Å²) in [7, 11) is 4.01. The van der Waals surface area contributed by atoms with Crippen LogP contribution >= 0.6 is 0 Å². The molecule has 0 unspecified atom stereocenters. The average Bonchev–Trinajstić information content (AvgIpc) is 2.79. The van der Waals surface area contributed by atoms with E-state index in [-0.39, 0.29) is 11.9 Å². The number of benzene rings is 2. The van der Waals surface area contributed by atoms with E-state index in [9.17, 15) is 4.79 Å². The van der Waals surface area contributed by atoms with Crippen LogP contribution in [0.1, 0.15) is 37.7 Å². The number of carbonyl (C=O) groups is 1. The number of aromatic nitrogens is 2. The summed E-state index contributed by atoms with van der Waals surface area (Å²) in [5, 5.41) is 7.80. The molecule has 0 saturated heterocycles. The molecule has 2 N–H and O–H groups in total. The predicted molar refractivity (Wildman–Crippen MR) is 126 cm³/mol. The largest absolute Gasteiger partial charge is 0.362 e. The number of rotatable bonds is 7. The van der Waals surface area contributed by atoms with E-state index in [0.717, 1.165) is 48.8 Å². The van der Waals surface area contributed by atoms with Gasteiger partial charge in [0.1, 0.15) is 5.82 Å². The molecule has 1 aliphatic carbocycles. The Balaban J connectivity index is 1.29. The van der Waals surface area contributed by atoms with Crippen molar-refractivity contribution in [3.05, 3.63) is 60.2 Å². The van der Waals surface area contributed by atoms with Crippen molar-refractivity contribution >= 4 is 28.6 Å². The fourth-order valence-corrected chi connectivity index (χ4v) is 4.23. The maximum atomic E-state index is 12.3. The number of nitrogens with one attached hydrogen (secondary N) is 2. The van der Waals surface area contributed by atoms with Gasteiger partial charge in [-0.2, -0.15) is 4.98 Å². The van der Waals surface area contributed by atoms with E-state index in [1.165, 1.54) is 5.56 Å². The molecule has 3 aromatic rings. The summed E-state index contributed by atoms with van der Waals surface area (Å²) in [6.45, 7) is 0. The molecule has 1 aromatic heterocycles. The van der Waals surface area contributed by atoms with E-state index >= 15 is 0 Å². The van der Waals surface area contributed by atoms with Crippen LogP contribution in [0.25, 0.3) is 10.9 Å². The lowest BCUT2D eigenvalue weighted by atomic mass is 9.91. The van der Waals surface area contributed by atoms with Gasteiger partial charge >= 0.3 is 0 Å². The van der Waals surface area contributed by atoms with Crippen LogP contribution in [0.15, 0.2) is 54.6 Å². The van der Waals surface area contributed by atoms with Gasteiger partial charge in [-0.25, -0.2) is 4.98 Å². The lowest BCUT2D eigenvalue weighted by molar-refractivity contribution is -0.122. The Kier molecular flexibility index (Phi) is 6.65. The van der Waals surface area contributed by atoms with Crippen LogP contribution in [0.4, 0.5) is 11.8 Å². The molecule has 6 nitrogen and oxygen atoms in total. The van der Waals surface area contributed by atoms with Gasteiger partial charge in [0.2, 0.25) is 11.9 Å². The zero-order chi connectivity index (χ0) is 21.6. The van der Waals surface area contributed by atoms with Crippen molar-refractivity contribution < 1.29 is 4.79 Å². The Bertz CT molecular complexity index is 1010. The molecular weight excluding hydrogens is 386 g/mol. The molecule has 0 bridgehead atoms. The van der Waals surface area contributed by atoms with Gasteiger partial charge in [-0.3, -0.25) is 4.79 Å². The molecule has 1 fully saturated rings. The number of carbonyl (C=O) groups excluding carboxylic acids is 1. The highest BCUT2D eigenvalue weighted by Gasteiger charge is 2.23. The zero-order valence-corrected chi connectivity index (χ0v) is 18.3. The van der Waals surface area contributed by atoms with Gasteiger partial charge in [-0.15, -0.1) is 0 Å². The molecule has 1 amide bonds. The number of hydrogen-bond acceptors (Lipinski definition) is 5. The third-order valence-electron chi connectivity index (χ3n) is 5.92. The number of nitrogens with zero attached hydrogens (tertiary/aromatic N) is 3. The van der Waals surface area contributed by atoms with Crippen LogP contribution in [0.2, 0.25) is 0 Å². The SMILES string of the molecule is CN(C)c1nc(NC2CCC(NC(=O)CCc3ccccc3)CC2)nc2ccccc12.